The van der Waals surface area contributed by atoms with Gasteiger partial charge in [0.2, 0.25) is 10.0 Å². The molecule has 0 heterocycles. The van der Waals surface area contributed by atoms with E-state index in [4.69, 9.17) is 4.74 Å². The second-order valence-corrected chi connectivity index (χ2v) is 11.7. The number of carbonyl (C=O) groups is 2. The van der Waals surface area contributed by atoms with E-state index < -0.39 is 34.1 Å². The maximum atomic E-state index is 14.9. The van der Waals surface area contributed by atoms with Crippen LogP contribution in [0.3, 0.4) is 0 Å². The van der Waals surface area contributed by atoms with Gasteiger partial charge in [-0.3, -0.25) is 4.79 Å². The molecular weight excluding hydrogens is 505 g/mol. The van der Waals surface area contributed by atoms with Crippen molar-refractivity contribution in [2.75, 3.05) is 12.3 Å². The quantitative estimate of drug-likeness (QED) is 0.259. The highest BCUT2D eigenvalue weighted by atomic mass is 32.2. The maximum Gasteiger partial charge on any atom is 0.338 e. The van der Waals surface area contributed by atoms with Gasteiger partial charge in [-0.25, -0.2) is 22.3 Å². The van der Waals surface area contributed by atoms with Crippen LogP contribution in [-0.4, -0.2) is 32.5 Å². The van der Waals surface area contributed by atoms with Crippen LogP contribution in [0.25, 0.3) is 11.1 Å². The van der Waals surface area contributed by atoms with Crippen LogP contribution in [0, 0.1) is 18.7 Å². The lowest BCUT2D eigenvalue weighted by Gasteiger charge is -2.21. The molecule has 0 radical (unpaired) electrons. The van der Waals surface area contributed by atoms with Gasteiger partial charge in [0, 0.05) is 0 Å². The third kappa shape index (κ3) is 7.36. The Bertz CT molecular complexity index is 1400. The number of ketones is 1. The number of rotatable bonds is 10. The number of sulfonamides is 1. The Labute approximate surface area is 223 Å². The zero-order valence-corrected chi connectivity index (χ0v) is 22.2. The minimum atomic E-state index is -3.65. The van der Waals surface area contributed by atoms with Crippen LogP contribution in [0.5, 0.6) is 0 Å². The van der Waals surface area contributed by atoms with Gasteiger partial charge in [-0.15, -0.1) is 0 Å². The monoisotopic (exact) mass is 537 g/mol. The number of benzene rings is 3. The Balaban J connectivity index is 1.46. The fourth-order valence-corrected chi connectivity index (χ4v) is 6.19. The summed E-state index contributed by atoms with van der Waals surface area (Å²) >= 11 is 0. The number of Topliss-reactive ketones (excluding diaryl/α,β-unsaturated/α-hetero) is 1. The standard InChI is InChI=1S/C30H32FNO5S/c1-21-15-26(24-13-8-14-25(16-24)30(34)37-19-22-9-4-2-5-10-22)17-27(29(21)31)28(33)18-32-38(35,36)20-23-11-6-3-7-12-23/h2,4-5,8-10,13-17,23,32H,3,6-7,11-12,18-20H2,1H3. The van der Waals surface area contributed by atoms with E-state index in [1.807, 2.05) is 30.3 Å². The van der Waals surface area contributed by atoms with Crippen LogP contribution in [0.2, 0.25) is 0 Å². The first-order valence-electron chi connectivity index (χ1n) is 12.8. The summed E-state index contributed by atoms with van der Waals surface area (Å²) in [7, 11) is -3.65. The number of aryl methyl sites for hydroxylation is 1. The van der Waals surface area contributed by atoms with E-state index in [1.165, 1.54) is 6.07 Å². The van der Waals surface area contributed by atoms with E-state index in [0.717, 1.165) is 37.7 Å². The second kappa shape index (κ2) is 12.5. The molecule has 3 aromatic carbocycles. The molecule has 200 valence electrons. The van der Waals surface area contributed by atoms with Gasteiger partial charge in [0.05, 0.1) is 23.4 Å². The van der Waals surface area contributed by atoms with Crippen LogP contribution in [0.4, 0.5) is 4.39 Å². The van der Waals surface area contributed by atoms with Crippen molar-refractivity contribution in [3.8, 4) is 11.1 Å². The molecule has 0 aliphatic heterocycles. The van der Waals surface area contributed by atoms with Crippen LogP contribution >= 0.6 is 0 Å². The smallest absolute Gasteiger partial charge is 0.338 e. The maximum absolute atomic E-state index is 14.9. The van der Waals surface area contributed by atoms with Crippen molar-refractivity contribution in [2.24, 2.45) is 5.92 Å². The van der Waals surface area contributed by atoms with Crippen molar-refractivity contribution in [3.05, 3.63) is 94.8 Å². The lowest BCUT2D eigenvalue weighted by atomic mass is 9.91. The van der Waals surface area contributed by atoms with Crippen molar-refractivity contribution >= 4 is 21.8 Å². The van der Waals surface area contributed by atoms with Gasteiger partial charge in [0.1, 0.15) is 12.4 Å². The van der Waals surface area contributed by atoms with Crippen molar-refractivity contribution in [1.29, 1.82) is 0 Å². The summed E-state index contributed by atoms with van der Waals surface area (Å²) in [5, 5.41) is 0. The van der Waals surface area contributed by atoms with Gasteiger partial charge in [-0.2, -0.15) is 0 Å². The van der Waals surface area contributed by atoms with Crippen LogP contribution in [0.1, 0.15) is 63.9 Å². The first-order valence-corrected chi connectivity index (χ1v) is 14.5. The van der Waals surface area contributed by atoms with Crippen LogP contribution < -0.4 is 4.72 Å². The number of nitrogens with one attached hydrogen (secondary N) is 1. The van der Waals surface area contributed by atoms with E-state index in [-0.39, 0.29) is 29.4 Å². The van der Waals surface area contributed by atoms with E-state index in [1.54, 1.807) is 37.3 Å². The fraction of sp³-hybridized carbons (Fsp3) is 0.333. The van der Waals surface area contributed by atoms with Crippen molar-refractivity contribution in [3.63, 3.8) is 0 Å². The third-order valence-corrected chi connectivity index (χ3v) is 8.33. The minimum absolute atomic E-state index is 0.0189. The highest BCUT2D eigenvalue weighted by molar-refractivity contribution is 7.89. The molecule has 1 aliphatic rings. The number of carbonyl (C=O) groups excluding carboxylic acids is 2. The highest BCUT2D eigenvalue weighted by Gasteiger charge is 2.23. The lowest BCUT2D eigenvalue weighted by molar-refractivity contribution is 0.0472. The van der Waals surface area contributed by atoms with Gasteiger partial charge in [0.15, 0.2) is 5.78 Å². The van der Waals surface area contributed by atoms with E-state index in [2.05, 4.69) is 4.72 Å². The number of esters is 1. The Morgan fingerprint density at radius 2 is 1.68 bits per heavy atom. The largest absolute Gasteiger partial charge is 0.457 e. The summed E-state index contributed by atoms with van der Waals surface area (Å²) in [6, 6.07) is 19.0. The van der Waals surface area contributed by atoms with E-state index >= 15 is 0 Å². The Hall–Kier alpha value is -3.36. The first-order chi connectivity index (χ1) is 18.2. The predicted molar refractivity (Wildman–Crippen MR) is 145 cm³/mol. The molecule has 4 rings (SSSR count). The highest BCUT2D eigenvalue weighted by Crippen LogP contribution is 2.27. The topological polar surface area (TPSA) is 89.5 Å². The minimum Gasteiger partial charge on any atom is -0.457 e. The predicted octanol–water partition coefficient (Wildman–Crippen LogP) is 5.84. The van der Waals surface area contributed by atoms with Crippen molar-refractivity contribution < 1.29 is 27.1 Å². The molecule has 1 fully saturated rings. The van der Waals surface area contributed by atoms with Gasteiger partial charge in [-0.05, 0) is 72.2 Å². The average Bonchev–Trinajstić information content (AvgIpc) is 2.93. The molecule has 0 unspecified atom stereocenters. The lowest BCUT2D eigenvalue weighted by Crippen LogP contribution is -2.34. The van der Waals surface area contributed by atoms with Gasteiger partial charge in [0.25, 0.3) is 0 Å². The Morgan fingerprint density at radius 3 is 2.42 bits per heavy atom. The van der Waals surface area contributed by atoms with Gasteiger partial charge in [-0.1, -0.05) is 61.7 Å². The normalized spacial score (nSPS) is 14.3. The molecule has 6 nitrogen and oxygen atoms in total. The van der Waals surface area contributed by atoms with Crippen molar-refractivity contribution in [1.82, 2.24) is 4.72 Å². The van der Waals surface area contributed by atoms with E-state index in [0.29, 0.717) is 16.7 Å². The summed E-state index contributed by atoms with van der Waals surface area (Å²) in [4.78, 5) is 25.5. The Morgan fingerprint density at radius 1 is 0.947 bits per heavy atom. The second-order valence-electron chi connectivity index (χ2n) is 9.83. The molecule has 1 N–H and O–H groups in total. The molecule has 0 bridgehead atoms. The first kappa shape index (κ1) is 27.7. The number of halogens is 1. The average molecular weight is 538 g/mol. The molecule has 1 aliphatic carbocycles. The van der Waals surface area contributed by atoms with E-state index in [9.17, 15) is 22.4 Å². The summed E-state index contributed by atoms with van der Waals surface area (Å²) in [6.07, 6.45) is 4.88. The summed E-state index contributed by atoms with van der Waals surface area (Å²) in [6.45, 7) is 1.16. The summed E-state index contributed by atoms with van der Waals surface area (Å²) in [5.41, 5.74) is 2.38. The molecule has 0 amide bonds. The van der Waals surface area contributed by atoms with Gasteiger partial charge < -0.3 is 4.74 Å². The SMILES string of the molecule is Cc1cc(-c2cccc(C(=O)OCc3ccccc3)c2)cc(C(=O)CNS(=O)(=O)CC2CCCCC2)c1F. The summed E-state index contributed by atoms with van der Waals surface area (Å²) < 4.78 is 47.7. The number of hydrogen-bond acceptors (Lipinski definition) is 5. The molecule has 1 saturated carbocycles. The zero-order chi connectivity index (χ0) is 27.1. The number of hydrogen-bond donors (Lipinski definition) is 1. The van der Waals surface area contributed by atoms with Crippen LogP contribution in [-0.2, 0) is 21.4 Å². The zero-order valence-electron chi connectivity index (χ0n) is 21.4. The molecule has 0 saturated heterocycles. The number of ether oxygens (including phenoxy) is 1. The molecule has 0 atom stereocenters. The molecular formula is C30H32FNO5S. The van der Waals surface area contributed by atoms with Gasteiger partial charge >= 0.3 is 5.97 Å². The summed E-state index contributed by atoms with van der Waals surface area (Å²) in [5.74, 6) is -1.78. The van der Waals surface area contributed by atoms with Crippen LogP contribution in [0.15, 0.2) is 66.7 Å². The molecule has 0 aromatic heterocycles. The molecule has 0 spiro atoms. The molecule has 8 heteroatoms. The molecule has 38 heavy (non-hydrogen) atoms. The Kier molecular flexibility index (Phi) is 9.07. The molecule has 3 aromatic rings. The third-order valence-electron chi connectivity index (χ3n) is 6.83. The fourth-order valence-electron chi connectivity index (χ4n) is 4.77. The van der Waals surface area contributed by atoms with Crippen molar-refractivity contribution in [2.45, 2.75) is 45.6 Å².